The Bertz CT molecular complexity index is 872. The van der Waals surface area contributed by atoms with Crippen molar-refractivity contribution in [2.45, 2.75) is 19.3 Å². The number of nitrogens with zero attached hydrogens (tertiary/aromatic N) is 3. The van der Waals surface area contributed by atoms with E-state index in [1.165, 1.54) is 11.1 Å². The molecular formula is C15H14N4O2S. The normalized spacial score (nSPS) is 20.8. The molecular weight excluding hydrogens is 300 g/mol. The van der Waals surface area contributed by atoms with Crippen molar-refractivity contribution in [1.29, 1.82) is 0 Å². The van der Waals surface area contributed by atoms with Crippen LogP contribution in [-0.2, 0) is 0 Å². The van der Waals surface area contributed by atoms with Crippen LogP contribution in [0.3, 0.4) is 0 Å². The third-order valence-electron chi connectivity index (χ3n) is 3.81. The zero-order valence-corrected chi connectivity index (χ0v) is 12.7. The van der Waals surface area contributed by atoms with Crippen LogP contribution in [0.1, 0.15) is 30.8 Å². The van der Waals surface area contributed by atoms with Gasteiger partial charge in [0.1, 0.15) is 11.5 Å². The van der Waals surface area contributed by atoms with Crippen LogP contribution < -0.4 is 0 Å². The molecule has 7 heteroatoms. The van der Waals surface area contributed by atoms with Gasteiger partial charge in [0.2, 0.25) is 10.6 Å². The number of rotatable bonds is 4. The Morgan fingerprint density at radius 1 is 1.45 bits per heavy atom. The number of nitrogens with one attached hydrogen (secondary N) is 1. The lowest BCUT2D eigenvalue weighted by Gasteiger charge is -1.96. The van der Waals surface area contributed by atoms with Gasteiger partial charge in [-0.3, -0.25) is 0 Å². The van der Waals surface area contributed by atoms with E-state index in [9.17, 15) is 0 Å². The Hall–Kier alpha value is -2.41. The summed E-state index contributed by atoms with van der Waals surface area (Å²) < 4.78 is 13.0. The van der Waals surface area contributed by atoms with Crippen molar-refractivity contribution in [2.75, 3.05) is 0 Å². The van der Waals surface area contributed by atoms with Gasteiger partial charge in [0.05, 0.1) is 12.5 Å². The Morgan fingerprint density at radius 2 is 2.32 bits per heavy atom. The first kappa shape index (κ1) is 13.3. The maximum atomic E-state index is 5.80. The van der Waals surface area contributed by atoms with Crippen molar-refractivity contribution in [3.05, 3.63) is 46.8 Å². The van der Waals surface area contributed by atoms with Gasteiger partial charge in [0.15, 0.2) is 5.76 Å². The summed E-state index contributed by atoms with van der Waals surface area (Å²) in [6, 6.07) is 7.52. The smallest absolute Gasteiger partial charge is 0.219 e. The highest BCUT2D eigenvalue weighted by atomic mass is 32.1. The van der Waals surface area contributed by atoms with Gasteiger partial charge in [-0.2, -0.15) is 9.78 Å². The molecule has 0 aromatic carbocycles. The van der Waals surface area contributed by atoms with Crippen LogP contribution in [0.2, 0.25) is 0 Å². The van der Waals surface area contributed by atoms with Gasteiger partial charge in [-0.15, -0.1) is 5.10 Å². The highest BCUT2D eigenvalue weighted by Crippen LogP contribution is 2.47. The minimum Gasteiger partial charge on any atom is -0.461 e. The van der Waals surface area contributed by atoms with Gasteiger partial charge in [-0.1, -0.05) is 6.92 Å². The predicted molar refractivity (Wildman–Crippen MR) is 83.3 cm³/mol. The largest absolute Gasteiger partial charge is 0.461 e. The van der Waals surface area contributed by atoms with Gasteiger partial charge in [-0.05, 0) is 48.8 Å². The van der Waals surface area contributed by atoms with Crippen LogP contribution in [-0.4, -0.2) is 21.1 Å². The average Bonchev–Trinajstić information content (AvgIpc) is 2.99. The summed E-state index contributed by atoms with van der Waals surface area (Å²) in [6.45, 7) is 2.22. The quantitative estimate of drug-likeness (QED) is 0.587. The number of H-pyrrole nitrogens is 1. The summed E-state index contributed by atoms with van der Waals surface area (Å²) in [5.74, 6) is 4.10. The molecule has 4 rings (SSSR count). The molecule has 0 aliphatic heterocycles. The highest BCUT2D eigenvalue weighted by Gasteiger charge is 2.36. The SMILES string of the molecule is C[C@@H]1C[C@H]1c1ccc(/C=N\n2c(-c3ccco3)n[nH]c2=S)o1. The van der Waals surface area contributed by atoms with Crippen molar-refractivity contribution in [3.8, 4) is 11.6 Å². The zero-order chi connectivity index (χ0) is 15.1. The highest BCUT2D eigenvalue weighted by molar-refractivity contribution is 7.71. The molecule has 0 amide bonds. The summed E-state index contributed by atoms with van der Waals surface area (Å²) in [6.07, 6.45) is 4.41. The Balaban J connectivity index is 1.62. The van der Waals surface area contributed by atoms with E-state index in [0.717, 1.165) is 5.76 Å². The second kappa shape index (κ2) is 5.10. The molecule has 3 heterocycles. The standard InChI is InChI=1S/C15H14N4O2S/c1-9-7-11(9)12-5-4-10(21-12)8-16-19-14(17-18-15(19)22)13-3-2-6-20-13/h2-6,8-9,11H,7H2,1H3,(H,18,22)/b16-8-/t9-,11-/m1/s1. The molecule has 0 radical (unpaired) electrons. The fourth-order valence-electron chi connectivity index (χ4n) is 2.43. The number of furan rings is 2. The second-order valence-corrected chi connectivity index (χ2v) is 5.83. The van der Waals surface area contributed by atoms with Crippen molar-refractivity contribution < 1.29 is 8.83 Å². The molecule has 112 valence electrons. The average molecular weight is 314 g/mol. The van der Waals surface area contributed by atoms with Crippen molar-refractivity contribution >= 4 is 18.4 Å². The molecule has 0 spiro atoms. The molecule has 1 aliphatic rings. The molecule has 1 N–H and O–H groups in total. The third kappa shape index (κ3) is 2.33. The zero-order valence-electron chi connectivity index (χ0n) is 11.9. The Kier molecular flexibility index (Phi) is 3.07. The maximum Gasteiger partial charge on any atom is 0.219 e. The fourth-order valence-corrected chi connectivity index (χ4v) is 2.61. The number of aromatic amines is 1. The Morgan fingerprint density at radius 3 is 3.05 bits per heavy atom. The summed E-state index contributed by atoms with van der Waals surface area (Å²) in [7, 11) is 0. The van der Waals surface area contributed by atoms with Crippen LogP contribution in [0.5, 0.6) is 0 Å². The van der Waals surface area contributed by atoms with E-state index >= 15 is 0 Å². The van der Waals surface area contributed by atoms with E-state index in [1.807, 2.05) is 12.1 Å². The maximum absolute atomic E-state index is 5.80. The summed E-state index contributed by atoms with van der Waals surface area (Å²) in [5.41, 5.74) is 0. The second-order valence-electron chi connectivity index (χ2n) is 5.45. The van der Waals surface area contributed by atoms with Crippen LogP contribution >= 0.6 is 12.2 Å². The molecule has 1 saturated carbocycles. The number of aromatic nitrogens is 3. The summed E-state index contributed by atoms with van der Waals surface area (Å²) in [5, 5.41) is 11.2. The fraction of sp³-hybridized carbons (Fsp3) is 0.267. The van der Waals surface area contributed by atoms with Crippen molar-refractivity contribution in [3.63, 3.8) is 0 Å². The molecule has 0 unspecified atom stereocenters. The summed E-state index contributed by atoms with van der Waals surface area (Å²) >= 11 is 5.19. The van der Waals surface area contributed by atoms with Crippen LogP contribution in [0.25, 0.3) is 11.6 Å². The van der Waals surface area contributed by atoms with Crippen LogP contribution in [0, 0.1) is 10.7 Å². The lowest BCUT2D eigenvalue weighted by Crippen LogP contribution is -1.93. The molecule has 22 heavy (non-hydrogen) atoms. The molecule has 0 bridgehead atoms. The van der Waals surface area contributed by atoms with E-state index in [2.05, 4.69) is 22.2 Å². The lowest BCUT2D eigenvalue weighted by atomic mass is 10.3. The monoisotopic (exact) mass is 314 g/mol. The first-order chi connectivity index (χ1) is 10.7. The molecule has 2 atom stereocenters. The topological polar surface area (TPSA) is 72.2 Å². The first-order valence-corrected chi connectivity index (χ1v) is 7.48. The molecule has 3 aromatic heterocycles. The van der Waals surface area contributed by atoms with Crippen molar-refractivity contribution in [1.82, 2.24) is 14.9 Å². The third-order valence-corrected chi connectivity index (χ3v) is 4.08. The van der Waals surface area contributed by atoms with E-state index < -0.39 is 0 Å². The Labute approximate surface area is 131 Å². The van der Waals surface area contributed by atoms with Gasteiger partial charge < -0.3 is 8.83 Å². The molecule has 0 saturated heterocycles. The van der Waals surface area contributed by atoms with Gasteiger partial charge in [0, 0.05) is 5.92 Å². The van der Waals surface area contributed by atoms with Gasteiger partial charge in [0.25, 0.3) is 0 Å². The minimum atomic E-state index is 0.394. The van der Waals surface area contributed by atoms with E-state index in [1.54, 1.807) is 24.6 Å². The van der Waals surface area contributed by atoms with E-state index in [-0.39, 0.29) is 0 Å². The van der Waals surface area contributed by atoms with E-state index in [4.69, 9.17) is 21.1 Å². The van der Waals surface area contributed by atoms with Crippen LogP contribution in [0.4, 0.5) is 0 Å². The van der Waals surface area contributed by atoms with E-state index in [0.29, 0.717) is 34.0 Å². The molecule has 6 nitrogen and oxygen atoms in total. The predicted octanol–water partition coefficient (Wildman–Crippen LogP) is 3.80. The molecule has 1 aliphatic carbocycles. The van der Waals surface area contributed by atoms with Crippen molar-refractivity contribution in [2.24, 2.45) is 11.0 Å². The van der Waals surface area contributed by atoms with Crippen LogP contribution in [0.15, 0.2) is 44.5 Å². The van der Waals surface area contributed by atoms with Gasteiger partial charge in [-0.25, -0.2) is 5.10 Å². The molecule has 3 aromatic rings. The summed E-state index contributed by atoms with van der Waals surface area (Å²) in [4.78, 5) is 0. The number of hydrogen-bond donors (Lipinski definition) is 1. The van der Waals surface area contributed by atoms with Gasteiger partial charge >= 0.3 is 0 Å². The lowest BCUT2D eigenvalue weighted by molar-refractivity contribution is 0.500. The first-order valence-electron chi connectivity index (χ1n) is 7.08. The molecule has 1 fully saturated rings. The number of hydrogen-bond acceptors (Lipinski definition) is 5. The minimum absolute atomic E-state index is 0.394.